The van der Waals surface area contributed by atoms with Crippen LogP contribution in [0.2, 0.25) is 5.02 Å². The monoisotopic (exact) mass is 842 g/mol. The number of ether oxygens (including phenoxy) is 4. The quantitative estimate of drug-likeness (QED) is 0.109. The molecule has 0 saturated heterocycles. The summed E-state index contributed by atoms with van der Waals surface area (Å²) in [6.07, 6.45) is 9.43. The Morgan fingerprint density at radius 1 is 1.03 bits per heavy atom. The second-order valence-electron chi connectivity index (χ2n) is 17.3. The molecule has 2 heterocycles. The zero-order valence-corrected chi connectivity index (χ0v) is 36.0. The lowest BCUT2D eigenvalue weighted by atomic mass is 9.59. The number of hydrogen-bond acceptors (Lipinski definition) is 10. The van der Waals surface area contributed by atoms with Gasteiger partial charge in [-0.15, -0.1) is 0 Å². The van der Waals surface area contributed by atoms with Crippen LogP contribution in [0.1, 0.15) is 99.1 Å². The summed E-state index contributed by atoms with van der Waals surface area (Å²) in [5.41, 5.74) is 5.36. The van der Waals surface area contributed by atoms with Gasteiger partial charge in [-0.1, -0.05) is 49.2 Å². The molecule has 59 heavy (non-hydrogen) atoms. The Morgan fingerprint density at radius 3 is 2.59 bits per heavy atom. The van der Waals surface area contributed by atoms with Crippen molar-refractivity contribution in [3.8, 4) is 17.2 Å². The molecule has 3 aromatic carbocycles. The van der Waals surface area contributed by atoms with E-state index in [2.05, 4.69) is 36.3 Å². The number of benzene rings is 3. The van der Waals surface area contributed by atoms with Crippen LogP contribution in [-0.2, 0) is 42.1 Å². The minimum absolute atomic E-state index is 0.110. The maximum Gasteiger partial charge on any atom is 0.331 e. The third-order valence-corrected chi connectivity index (χ3v) is 14.8. The molecule has 0 amide bonds. The van der Waals surface area contributed by atoms with E-state index in [1.54, 1.807) is 24.3 Å². The smallest absolute Gasteiger partial charge is 0.331 e. The van der Waals surface area contributed by atoms with Crippen molar-refractivity contribution in [2.75, 3.05) is 32.2 Å². The zero-order chi connectivity index (χ0) is 41.4. The second kappa shape index (κ2) is 17.0. The van der Waals surface area contributed by atoms with Gasteiger partial charge in [0.1, 0.15) is 24.0 Å². The van der Waals surface area contributed by atoms with E-state index < -0.39 is 21.8 Å². The fraction of sp³-hybridized carbons (Fsp3) is 0.489. The Labute approximate surface area is 353 Å². The third kappa shape index (κ3) is 8.53. The molecule has 1 saturated carbocycles. The van der Waals surface area contributed by atoms with E-state index in [1.807, 2.05) is 43.5 Å². The molecule has 0 bridgehead atoms. The Morgan fingerprint density at radius 2 is 1.83 bits per heavy atom. The molecule has 1 aliphatic heterocycles. The fourth-order valence-corrected chi connectivity index (χ4v) is 11.2. The van der Waals surface area contributed by atoms with Crippen LogP contribution in [0.15, 0.2) is 77.8 Å². The number of esters is 1. The molecule has 10 nitrogen and oxygen atoms in total. The molecule has 4 aliphatic rings. The summed E-state index contributed by atoms with van der Waals surface area (Å²) in [4.78, 5) is 18.5. The molecular weight excluding hydrogens is 788 g/mol. The summed E-state index contributed by atoms with van der Waals surface area (Å²) in [7, 11) is -2.53. The van der Waals surface area contributed by atoms with Crippen molar-refractivity contribution in [3.63, 3.8) is 0 Å². The standard InChI is InChI=1S/C47H55ClN2O8S/c1-30-11-13-38(14-12-30)59(52,53)57-29-37-16-22-55-42-25-33-24-34(23-31(2)28-56-41-15-21-49-40-10-5-7-32(3)44(40)41)46(39(33)27-43(42)58-37)17-19-47(20-18-46,45(51)54-4)50-36-9-6-8-35(48)26-36/h6,8-9,11-15,21,25-27,31-32,34,37,50H,5,7,10,16-20,22-24,28-29H2,1-4H3/t31-,32-,34+,37+,46?,47?/m1/s1. The van der Waals surface area contributed by atoms with Gasteiger partial charge in [0, 0.05) is 34.6 Å². The number of nitrogens with zero attached hydrogens (tertiary/aromatic N) is 1. The number of anilines is 1. The highest BCUT2D eigenvalue weighted by Crippen LogP contribution is 2.58. The number of methoxy groups -OCH3 is 1. The Balaban J connectivity index is 1.06. The summed E-state index contributed by atoms with van der Waals surface area (Å²) >= 11 is 6.38. The molecule has 0 unspecified atom stereocenters. The number of aromatic nitrogens is 1. The number of pyridine rings is 1. The number of hydrogen-bond donors (Lipinski definition) is 1. The average molecular weight is 843 g/mol. The van der Waals surface area contributed by atoms with Crippen LogP contribution in [0, 0.1) is 18.8 Å². The largest absolute Gasteiger partial charge is 0.493 e. The van der Waals surface area contributed by atoms with Crippen LogP contribution < -0.4 is 19.5 Å². The highest BCUT2D eigenvalue weighted by atomic mass is 35.5. The van der Waals surface area contributed by atoms with Gasteiger partial charge in [-0.25, -0.2) is 4.79 Å². The maximum atomic E-state index is 13.7. The first-order chi connectivity index (χ1) is 28.4. The van der Waals surface area contributed by atoms with E-state index in [9.17, 15) is 13.2 Å². The molecule has 0 radical (unpaired) electrons. The number of fused-ring (bicyclic) bond motifs is 4. The molecule has 4 atom stereocenters. The topological polar surface area (TPSA) is 122 Å². The molecule has 4 aromatic rings. The van der Waals surface area contributed by atoms with Crippen molar-refractivity contribution in [2.24, 2.45) is 11.8 Å². The highest BCUT2D eigenvalue weighted by molar-refractivity contribution is 7.86. The van der Waals surface area contributed by atoms with Crippen molar-refractivity contribution in [1.82, 2.24) is 4.98 Å². The van der Waals surface area contributed by atoms with Crippen LogP contribution in [0.3, 0.4) is 0 Å². The summed E-state index contributed by atoms with van der Waals surface area (Å²) in [6, 6.07) is 20.3. The van der Waals surface area contributed by atoms with Crippen LogP contribution in [-0.4, -0.2) is 57.9 Å². The van der Waals surface area contributed by atoms with Crippen molar-refractivity contribution in [1.29, 1.82) is 0 Å². The molecule has 1 spiro atoms. The molecule has 1 aromatic heterocycles. The third-order valence-electron chi connectivity index (χ3n) is 13.2. The molecule has 1 fully saturated rings. The number of carbonyl (C=O) groups is 1. The molecule has 1 N–H and O–H groups in total. The van der Waals surface area contributed by atoms with Gasteiger partial charge in [-0.05, 0) is 148 Å². The summed E-state index contributed by atoms with van der Waals surface area (Å²) < 4.78 is 56.7. The van der Waals surface area contributed by atoms with Gasteiger partial charge in [0.25, 0.3) is 10.1 Å². The summed E-state index contributed by atoms with van der Waals surface area (Å²) in [5, 5.41) is 4.14. The lowest BCUT2D eigenvalue weighted by Gasteiger charge is -2.47. The Kier molecular flexibility index (Phi) is 11.9. The summed E-state index contributed by atoms with van der Waals surface area (Å²) in [6.45, 7) is 7.25. The number of rotatable bonds is 12. The van der Waals surface area contributed by atoms with Crippen molar-refractivity contribution in [2.45, 2.75) is 113 Å². The van der Waals surface area contributed by atoms with Gasteiger partial charge in [0.2, 0.25) is 0 Å². The Hall–Kier alpha value is -4.32. The van der Waals surface area contributed by atoms with Crippen molar-refractivity contribution < 1.29 is 36.3 Å². The zero-order valence-electron chi connectivity index (χ0n) is 34.4. The van der Waals surface area contributed by atoms with E-state index in [-0.39, 0.29) is 34.7 Å². The van der Waals surface area contributed by atoms with Gasteiger partial charge in [-0.2, -0.15) is 8.42 Å². The average Bonchev–Trinajstić information content (AvgIpc) is 3.34. The van der Waals surface area contributed by atoms with Gasteiger partial charge in [-0.3, -0.25) is 9.17 Å². The first-order valence-corrected chi connectivity index (χ1v) is 22.8. The van der Waals surface area contributed by atoms with Crippen LogP contribution in [0.4, 0.5) is 5.69 Å². The van der Waals surface area contributed by atoms with Gasteiger partial charge >= 0.3 is 5.97 Å². The molecule has 314 valence electrons. The minimum Gasteiger partial charge on any atom is -0.493 e. The lowest BCUT2D eigenvalue weighted by Crippen LogP contribution is -2.53. The lowest BCUT2D eigenvalue weighted by molar-refractivity contribution is -0.148. The number of halogens is 1. The van der Waals surface area contributed by atoms with Gasteiger partial charge < -0.3 is 24.3 Å². The molecule has 3 aliphatic carbocycles. The highest BCUT2D eigenvalue weighted by Gasteiger charge is 2.55. The second-order valence-corrected chi connectivity index (χ2v) is 19.3. The van der Waals surface area contributed by atoms with E-state index in [4.69, 9.17) is 34.7 Å². The number of carbonyl (C=O) groups excluding carboxylic acids is 1. The van der Waals surface area contributed by atoms with Crippen molar-refractivity contribution in [3.05, 3.63) is 106 Å². The van der Waals surface area contributed by atoms with Crippen molar-refractivity contribution >= 4 is 33.4 Å². The van der Waals surface area contributed by atoms with E-state index in [0.29, 0.717) is 54.9 Å². The normalized spacial score (nSPS) is 25.3. The summed E-state index contributed by atoms with van der Waals surface area (Å²) in [5.74, 6) is 2.82. The molecular formula is C47H55ClN2O8S. The van der Waals surface area contributed by atoms with Crippen LogP contribution >= 0.6 is 11.6 Å². The molecule has 8 rings (SSSR count). The van der Waals surface area contributed by atoms with Crippen LogP contribution in [0.5, 0.6) is 17.2 Å². The molecule has 12 heteroatoms. The number of nitrogens with one attached hydrogen (secondary N) is 1. The van der Waals surface area contributed by atoms with E-state index >= 15 is 0 Å². The van der Waals surface area contributed by atoms with Crippen LogP contribution in [0.25, 0.3) is 0 Å². The first-order valence-electron chi connectivity index (χ1n) is 21.0. The minimum atomic E-state index is -3.98. The maximum absolute atomic E-state index is 13.7. The van der Waals surface area contributed by atoms with Gasteiger partial charge in [0.05, 0.1) is 25.2 Å². The number of aryl methyl sites for hydroxylation is 2. The predicted molar refractivity (Wildman–Crippen MR) is 227 cm³/mol. The Bertz CT molecular complexity index is 2270. The van der Waals surface area contributed by atoms with E-state index in [1.165, 1.54) is 23.8 Å². The van der Waals surface area contributed by atoms with Gasteiger partial charge in [0.15, 0.2) is 11.5 Å². The fourth-order valence-electron chi connectivity index (χ4n) is 10.1. The predicted octanol–water partition coefficient (Wildman–Crippen LogP) is 9.53. The SMILES string of the molecule is COC(=O)C1(Nc2cccc(Cl)c2)CCC2(CC1)c1cc3c(cc1C[C@@H]2C[C@@H](C)COc1ccnc2c1[C@H](C)CCC2)OCC[C@@H](COS(=O)(=O)c1ccc(C)cc1)O3. The van der Waals surface area contributed by atoms with E-state index in [0.717, 1.165) is 67.6 Å². The first kappa shape index (κ1) is 41.4.